The number of rotatable bonds is 5. The smallest absolute Gasteiger partial charge is 0.166 e. The highest BCUT2D eigenvalue weighted by Gasteiger charge is 2.19. The van der Waals surface area contributed by atoms with Gasteiger partial charge in [-0.1, -0.05) is 12.1 Å². The predicted molar refractivity (Wildman–Crippen MR) is 124 cm³/mol. The lowest BCUT2D eigenvalue weighted by atomic mass is 9.98. The Hall–Kier alpha value is -3.49. The zero-order valence-electron chi connectivity index (χ0n) is 18.2. The average molecular weight is 447 g/mol. The molecule has 1 saturated heterocycles. The van der Waals surface area contributed by atoms with Gasteiger partial charge in [0.1, 0.15) is 5.82 Å². The molecule has 2 aromatic heterocycles. The highest BCUT2D eigenvalue weighted by atomic mass is 19.2. The van der Waals surface area contributed by atoms with Crippen molar-refractivity contribution in [3.8, 4) is 22.5 Å². The number of morpholine rings is 1. The summed E-state index contributed by atoms with van der Waals surface area (Å²) in [4.78, 5) is 16.0. The summed E-state index contributed by atoms with van der Waals surface area (Å²) in [5.41, 5.74) is 3.27. The molecule has 8 heteroatoms. The zero-order valence-corrected chi connectivity index (χ0v) is 18.2. The number of anilines is 1. The molecule has 1 aliphatic rings. The fraction of sp³-hybridized carbons (Fsp3) is 0.240. The van der Waals surface area contributed by atoms with Crippen molar-refractivity contribution in [1.29, 1.82) is 0 Å². The van der Waals surface area contributed by atoms with E-state index in [1.807, 2.05) is 24.3 Å². The molecular formula is C25H23F2N5O. The van der Waals surface area contributed by atoms with E-state index in [0.717, 1.165) is 41.2 Å². The lowest BCUT2D eigenvalue weighted by molar-refractivity contribution is 0.0343. The van der Waals surface area contributed by atoms with Crippen LogP contribution in [0.2, 0.25) is 0 Å². The molecular weight excluding hydrogens is 424 g/mol. The van der Waals surface area contributed by atoms with Crippen molar-refractivity contribution in [3.63, 3.8) is 0 Å². The van der Waals surface area contributed by atoms with Crippen LogP contribution < -0.4 is 5.32 Å². The van der Waals surface area contributed by atoms with Crippen molar-refractivity contribution >= 4 is 16.7 Å². The van der Waals surface area contributed by atoms with E-state index < -0.39 is 11.6 Å². The number of ether oxygens (including phenoxy) is 1. The molecule has 0 bridgehead atoms. The fourth-order valence-corrected chi connectivity index (χ4v) is 4.12. The Balaban J connectivity index is 1.73. The molecule has 0 aliphatic carbocycles. The van der Waals surface area contributed by atoms with Gasteiger partial charge in [0, 0.05) is 55.6 Å². The zero-order chi connectivity index (χ0) is 22.8. The van der Waals surface area contributed by atoms with E-state index in [1.54, 1.807) is 25.5 Å². The van der Waals surface area contributed by atoms with Crippen LogP contribution >= 0.6 is 0 Å². The SMILES string of the molecule is CNc1nc(-c2cccnc2)nc2c(CN3CCOCC3)cc(-c3cccc(F)c3F)cc12. The van der Waals surface area contributed by atoms with Crippen LogP contribution in [0, 0.1) is 11.6 Å². The molecule has 0 unspecified atom stereocenters. The number of nitrogens with zero attached hydrogens (tertiary/aromatic N) is 4. The Bertz CT molecular complexity index is 1290. The Morgan fingerprint density at radius 3 is 2.64 bits per heavy atom. The van der Waals surface area contributed by atoms with Crippen LogP contribution in [0.3, 0.4) is 0 Å². The number of fused-ring (bicyclic) bond motifs is 1. The summed E-state index contributed by atoms with van der Waals surface area (Å²) < 4.78 is 34.2. The van der Waals surface area contributed by atoms with Gasteiger partial charge < -0.3 is 10.1 Å². The molecule has 2 aromatic carbocycles. The molecule has 4 aromatic rings. The molecule has 1 aliphatic heterocycles. The summed E-state index contributed by atoms with van der Waals surface area (Å²) in [5, 5.41) is 3.89. The summed E-state index contributed by atoms with van der Waals surface area (Å²) in [6, 6.07) is 11.7. The maximum atomic E-state index is 14.7. The number of pyridine rings is 1. The van der Waals surface area contributed by atoms with Gasteiger partial charge in [0.15, 0.2) is 17.5 Å². The topological polar surface area (TPSA) is 63.2 Å². The van der Waals surface area contributed by atoms with Crippen LogP contribution in [0.25, 0.3) is 33.4 Å². The van der Waals surface area contributed by atoms with Crippen molar-refractivity contribution < 1.29 is 13.5 Å². The third kappa shape index (κ3) is 4.27. The summed E-state index contributed by atoms with van der Waals surface area (Å²) in [5.74, 6) is -0.582. The lowest BCUT2D eigenvalue weighted by Crippen LogP contribution is -2.35. The Morgan fingerprint density at radius 2 is 1.88 bits per heavy atom. The number of hydrogen-bond donors (Lipinski definition) is 1. The second kappa shape index (κ2) is 9.17. The van der Waals surface area contributed by atoms with Crippen LogP contribution in [0.4, 0.5) is 14.6 Å². The average Bonchev–Trinajstić information content (AvgIpc) is 2.86. The Labute approximate surface area is 190 Å². The van der Waals surface area contributed by atoms with Crippen molar-refractivity contribution in [1.82, 2.24) is 19.9 Å². The molecule has 3 heterocycles. The largest absolute Gasteiger partial charge is 0.379 e. The van der Waals surface area contributed by atoms with Crippen molar-refractivity contribution in [2.75, 3.05) is 38.7 Å². The number of nitrogens with one attached hydrogen (secondary N) is 1. The van der Waals surface area contributed by atoms with E-state index in [0.29, 0.717) is 37.0 Å². The molecule has 0 spiro atoms. The van der Waals surface area contributed by atoms with E-state index in [2.05, 4.69) is 20.2 Å². The summed E-state index contributed by atoms with van der Waals surface area (Å²) >= 11 is 0. The predicted octanol–water partition coefficient (Wildman–Crippen LogP) is 4.51. The minimum absolute atomic E-state index is 0.207. The van der Waals surface area contributed by atoms with Crippen LogP contribution in [0.15, 0.2) is 54.9 Å². The second-order valence-corrected chi connectivity index (χ2v) is 7.91. The minimum Gasteiger partial charge on any atom is -0.379 e. The maximum absolute atomic E-state index is 14.7. The first-order valence-electron chi connectivity index (χ1n) is 10.8. The molecule has 33 heavy (non-hydrogen) atoms. The number of benzene rings is 2. The van der Waals surface area contributed by atoms with Gasteiger partial charge in [-0.05, 0) is 41.5 Å². The minimum atomic E-state index is -0.876. The first-order chi connectivity index (χ1) is 16.1. The third-order valence-electron chi connectivity index (χ3n) is 5.80. The third-order valence-corrected chi connectivity index (χ3v) is 5.80. The van der Waals surface area contributed by atoms with Gasteiger partial charge in [0.2, 0.25) is 0 Å². The van der Waals surface area contributed by atoms with Gasteiger partial charge in [-0.3, -0.25) is 9.88 Å². The highest BCUT2D eigenvalue weighted by molar-refractivity contribution is 5.96. The normalized spacial score (nSPS) is 14.5. The van der Waals surface area contributed by atoms with Gasteiger partial charge in [-0.2, -0.15) is 0 Å². The lowest BCUT2D eigenvalue weighted by Gasteiger charge is -2.27. The number of halogens is 2. The Morgan fingerprint density at radius 1 is 1.03 bits per heavy atom. The van der Waals surface area contributed by atoms with Crippen molar-refractivity contribution in [2.24, 2.45) is 0 Å². The molecule has 168 valence electrons. The molecule has 0 atom stereocenters. The molecule has 1 fully saturated rings. The first kappa shape index (κ1) is 21.4. The van der Waals surface area contributed by atoms with Crippen LogP contribution in [0.1, 0.15) is 5.56 Å². The van der Waals surface area contributed by atoms with Gasteiger partial charge in [0.05, 0.1) is 18.7 Å². The van der Waals surface area contributed by atoms with Crippen LogP contribution in [-0.2, 0) is 11.3 Å². The monoisotopic (exact) mass is 447 g/mol. The van der Waals surface area contributed by atoms with Crippen molar-refractivity contribution in [3.05, 3.63) is 72.1 Å². The van der Waals surface area contributed by atoms with Gasteiger partial charge in [0.25, 0.3) is 0 Å². The number of aromatic nitrogens is 3. The van der Waals surface area contributed by atoms with Crippen LogP contribution in [0.5, 0.6) is 0 Å². The fourth-order valence-electron chi connectivity index (χ4n) is 4.12. The van der Waals surface area contributed by atoms with Gasteiger partial charge >= 0.3 is 0 Å². The molecule has 1 N–H and O–H groups in total. The first-order valence-corrected chi connectivity index (χ1v) is 10.8. The summed E-state index contributed by atoms with van der Waals surface area (Å²) in [6.07, 6.45) is 3.42. The molecule has 5 rings (SSSR count). The molecule has 0 saturated carbocycles. The molecule has 0 radical (unpaired) electrons. The van der Waals surface area contributed by atoms with Gasteiger partial charge in [-0.25, -0.2) is 18.7 Å². The standard InChI is InChI=1S/C25H23F2N5O/c1-28-25-20-13-17(19-5-2-6-21(26)22(19)27)12-18(15-32-8-10-33-11-9-32)23(20)30-24(31-25)16-4-3-7-29-14-16/h2-7,12-14H,8-11,15H2,1H3,(H,28,30,31). The molecule has 6 nitrogen and oxygen atoms in total. The van der Waals surface area contributed by atoms with E-state index in [1.165, 1.54) is 6.07 Å². The van der Waals surface area contributed by atoms with E-state index in [-0.39, 0.29) is 5.56 Å². The van der Waals surface area contributed by atoms with Crippen molar-refractivity contribution in [2.45, 2.75) is 6.54 Å². The maximum Gasteiger partial charge on any atom is 0.166 e. The van der Waals surface area contributed by atoms with E-state index >= 15 is 0 Å². The summed E-state index contributed by atoms with van der Waals surface area (Å²) in [6.45, 7) is 3.51. The van der Waals surface area contributed by atoms with Gasteiger partial charge in [-0.15, -0.1) is 0 Å². The molecule has 0 amide bonds. The highest BCUT2D eigenvalue weighted by Crippen LogP contribution is 2.34. The summed E-state index contributed by atoms with van der Waals surface area (Å²) in [7, 11) is 1.78. The Kier molecular flexibility index (Phi) is 5.93. The van der Waals surface area contributed by atoms with E-state index in [9.17, 15) is 8.78 Å². The second-order valence-electron chi connectivity index (χ2n) is 7.91. The van der Waals surface area contributed by atoms with Crippen LogP contribution in [-0.4, -0.2) is 53.2 Å². The van der Waals surface area contributed by atoms with E-state index in [4.69, 9.17) is 9.72 Å². The number of hydrogen-bond acceptors (Lipinski definition) is 6. The quantitative estimate of drug-likeness (QED) is 0.486.